The molecule has 0 bridgehead atoms. The number of imide groups is 1. The average molecular weight is 441 g/mol. The van der Waals surface area contributed by atoms with Crippen LogP contribution in [0.15, 0.2) is 23.1 Å². The number of terminal acetylenes is 1. The van der Waals surface area contributed by atoms with E-state index in [1.54, 1.807) is 6.08 Å². The van der Waals surface area contributed by atoms with Gasteiger partial charge in [-0.25, -0.2) is 0 Å². The molecule has 1 fully saturated rings. The summed E-state index contributed by atoms with van der Waals surface area (Å²) in [6, 6.07) is 5.45. The van der Waals surface area contributed by atoms with E-state index in [0.717, 1.165) is 27.3 Å². The van der Waals surface area contributed by atoms with Crippen LogP contribution in [0.3, 0.4) is 0 Å². The summed E-state index contributed by atoms with van der Waals surface area (Å²) >= 11 is 3.13. The maximum atomic E-state index is 12.4. The van der Waals surface area contributed by atoms with Crippen molar-refractivity contribution in [1.82, 2.24) is 4.90 Å². The van der Waals surface area contributed by atoms with Gasteiger partial charge in [-0.05, 0) is 71.5 Å². The van der Waals surface area contributed by atoms with Crippen molar-refractivity contribution < 1.29 is 14.3 Å². The van der Waals surface area contributed by atoms with Gasteiger partial charge in [0, 0.05) is 6.04 Å². The third kappa shape index (κ3) is 4.09. The first kappa shape index (κ1) is 17.9. The number of ether oxygens (including phenoxy) is 1. The van der Waals surface area contributed by atoms with Crippen LogP contribution in [-0.2, 0) is 4.79 Å². The Labute approximate surface area is 153 Å². The molecule has 120 valence electrons. The quantitative estimate of drug-likeness (QED) is 0.392. The first-order valence-corrected chi connectivity index (χ1v) is 9.00. The summed E-state index contributed by atoms with van der Waals surface area (Å²) in [5.74, 6) is 2.90. The lowest BCUT2D eigenvalue weighted by Crippen LogP contribution is -2.36. The number of benzene rings is 1. The largest absolute Gasteiger partial charge is 0.480 e. The van der Waals surface area contributed by atoms with Crippen molar-refractivity contribution >= 4 is 51.6 Å². The zero-order chi connectivity index (χ0) is 17.0. The topological polar surface area (TPSA) is 46.6 Å². The van der Waals surface area contributed by atoms with Gasteiger partial charge in [0.1, 0.15) is 12.4 Å². The fraction of sp³-hybridized carbons (Fsp3) is 0.294. The highest BCUT2D eigenvalue weighted by Crippen LogP contribution is 2.34. The second kappa shape index (κ2) is 7.88. The highest BCUT2D eigenvalue weighted by molar-refractivity contribution is 14.1. The fourth-order valence-corrected chi connectivity index (χ4v) is 3.66. The van der Waals surface area contributed by atoms with Crippen molar-refractivity contribution in [3.8, 4) is 18.1 Å². The smallest absolute Gasteiger partial charge is 0.293 e. The molecule has 1 aliphatic heterocycles. The van der Waals surface area contributed by atoms with E-state index in [9.17, 15) is 9.59 Å². The van der Waals surface area contributed by atoms with Crippen LogP contribution in [-0.4, -0.2) is 28.7 Å². The number of carbonyl (C=O) groups is 2. The molecule has 1 aromatic rings. The maximum absolute atomic E-state index is 12.4. The van der Waals surface area contributed by atoms with Gasteiger partial charge in [0.15, 0.2) is 0 Å². The van der Waals surface area contributed by atoms with Gasteiger partial charge < -0.3 is 4.74 Å². The third-order valence-electron chi connectivity index (χ3n) is 3.42. The van der Waals surface area contributed by atoms with E-state index in [1.165, 1.54) is 4.90 Å². The van der Waals surface area contributed by atoms with Crippen molar-refractivity contribution in [3.05, 3.63) is 32.2 Å². The van der Waals surface area contributed by atoms with Gasteiger partial charge >= 0.3 is 0 Å². The van der Waals surface area contributed by atoms with E-state index in [0.29, 0.717) is 10.7 Å². The van der Waals surface area contributed by atoms with E-state index in [4.69, 9.17) is 11.2 Å². The van der Waals surface area contributed by atoms with E-state index < -0.39 is 0 Å². The summed E-state index contributed by atoms with van der Waals surface area (Å²) < 4.78 is 6.31. The second-order valence-corrected chi connectivity index (χ2v) is 7.15. The third-order valence-corrected chi connectivity index (χ3v) is 5.15. The van der Waals surface area contributed by atoms with Crippen LogP contribution in [0.25, 0.3) is 6.08 Å². The Bertz CT molecular complexity index is 708. The zero-order valence-corrected chi connectivity index (χ0v) is 15.8. The van der Waals surface area contributed by atoms with Crippen LogP contribution in [0.4, 0.5) is 4.79 Å². The predicted molar refractivity (Wildman–Crippen MR) is 101 cm³/mol. The standard InChI is InChI=1S/C17H16INO3S/c1-4-8-22-14-7-6-12(9-13(14)18)10-15-16(20)19(11(3)5-2)17(21)23-15/h1,6-7,9-11H,5,8H2,2-3H3/b15-10+/t11-/m0/s1. The van der Waals surface area contributed by atoms with Crippen molar-refractivity contribution in [2.24, 2.45) is 0 Å². The van der Waals surface area contributed by atoms with E-state index >= 15 is 0 Å². The Kier molecular flexibility index (Phi) is 6.13. The molecule has 0 aromatic heterocycles. The molecule has 0 aliphatic carbocycles. The molecule has 1 aromatic carbocycles. The molecule has 0 radical (unpaired) electrons. The Morgan fingerprint density at radius 1 is 1.48 bits per heavy atom. The Hall–Kier alpha value is -1.46. The monoisotopic (exact) mass is 441 g/mol. The molecule has 2 rings (SSSR count). The van der Waals surface area contributed by atoms with Gasteiger partial charge in [0.25, 0.3) is 11.1 Å². The van der Waals surface area contributed by atoms with Crippen LogP contribution in [0.5, 0.6) is 5.75 Å². The lowest BCUT2D eigenvalue weighted by Gasteiger charge is -2.19. The summed E-state index contributed by atoms with van der Waals surface area (Å²) in [7, 11) is 0. The van der Waals surface area contributed by atoms with Crippen molar-refractivity contribution in [1.29, 1.82) is 0 Å². The minimum Gasteiger partial charge on any atom is -0.480 e. The number of carbonyl (C=O) groups excluding carboxylic acids is 2. The second-order valence-electron chi connectivity index (χ2n) is 4.99. The fourth-order valence-electron chi connectivity index (χ4n) is 2.04. The molecule has 23 heavy (non-hydrogen) atoms. The highest BCUT2D eigenvalue weighted by Gasteiger charge is 2.37. The maximum Gasteiger partial charge on any atom is 0.293 e. The molecule has 4 nitrogen and oxygen atoms in total. The van der Waals surface area contributed by atoms with E-state index in [2.05, 4.69) is 28.5 Å². The molecule has 1 atom stereocenters. The van der Waals surface area contributed by atoms with Gasteiger partial charge in [-0.15, -0.1) is 6.42 Å². The van der Waals surface area contributed by atoms with E-state index in [1.807, 2.05) is 32.0 Å². The molecule has 1 heterocycles. The van der Waals surface area contributed by atoms with Crippen LogP contribution < -0.4 is 4.74 Å². The number of hydrogen-bond acceptors (Lipinski definition) is 4. The van der Waals surface area contributed by atoms with Crippen molar-refractivity contribution in [2.45, 2.75) is 26.3 Å². The average Bonchev–Trinajstić information content (AvgIpc) is 2.80. The number of nitrogens with zero attached hydrogens (tertiary/aromatic N) is 1. The van der Waals surface area contributed by atoms with Gasteiger partial charge in [0.2, 0.25) is 0 Å². The number of thioether (sulfide) groups is 1. The molecular formula is C17H16INO3S. The van der Waals surface area contributed by atoms with Crippen molar-refractivity contribution in [3.63, 3.8) is 0 Å². The van der Waals surface area contributed by atoms with Gasteiger partial charge in [-0.2, -0.15) is 0 Å². The predicted octanol–water partition coefficient (Wildman–Crippen LogP) is 4.14. The van der Waals surface area contributed by atoms with Crippen LogP contribution in [0, 0.1) is 15.9 Å². The van der Waals surface area contributed by atoms with Crippen LogP contribution >= 0.6 is 34.4 Å². The summed E-state index contributed by atoms with van der Waals surface area (Å²) in [5, 5.41) is -0.209. The SMILES string of the molecule is C#CCOc1ccc(/C=C2/SC(=O)N([C@@H](C)CC)C2=O)cc1I. The van der Waals surface area contributed by atoms with Crippen LogP contribution in [0.2, 0.25) is 0 Å². The van der Waals surface area contributed by atoms with Gasteiger partial charge in [0.05, 0.1) is 8.48 Å². The molecule has 2 amide bonds. The molecule has 0 spiro atoms. The molecular weight excluding hydrogens is 425 g/mol. The first-order valence-electron chi connectivity index (χ1n) is 7.10. The van der Waals surface area contributed by atoms with Gasteiger partial charge in [-0.1, -0.05) is 18.9 Å². The lowest BCUT2D eigenvalue weighted by molar-refractivity contribution is -0.124. The Morgan fingerprint density at radius 3 is 2.83 bits per heavy atom. The zero-order valence-electron chi connectivity index (χ0n) is 12.8. The molecule has 1 aliphatic rings. The molecule has 0 N–H and O–H groups in total. The number of rotatable bonds is 5. The summed E-state index contributed by atoms with van der Waals surface area (Å²) in [4.78, 5) is 26.2. The lowest BCUT2D eigenvalue weighted by atomic mass is 10.2. The van der Waals surface area contributed by atoms with Crippen molar-refractivity contribution in [2.75, 3.05) is 6.61 Å². The van der Waals surface area contributed by atoms with Gasteiger partial charge in [-0.3, -0.25) is 14.5 Å². The molecule has 1 saturated heterocycles. The number of halogens is 1. The van der Waals surface area contributed by atoms with E-state index in [-0.39, 0.29) is 23.8 Å². The number of hydrogen-bond donors (Lipinski definition) is 0. The Balaban J connectivity index is 2.23. The highest BCUT2D eigenvalue weighted by atomic mass is 127. The first-order chi connectivity index (χ1) is 11.0. The summed E-state index contributed by atoms with van der Waals surface area (Å²) in [6.07, 6.45) is 7.66. The minimum atomic E-state index is -0.225. The summed E-state index contributed by atoms with van der Waals surface area (Å²) in [6.45, 7) is 4.04. The summed E-state index contributed by atoms with van der Waals surface area (Å²) in [5.41, 5.74) is 0.845. The molecule has 6 heteroatoms. The molecule has 0 unspecified atom stereocenters. The molecule has 0 saturated carbocycles. The Morgan fingerprint density at radius 2 is 2.22 bits per heavy atom. The minimum absolute atomic E-state index is 0.0897. The van der Waals surface area contributed by atoms with Crippen LogP contribution in [0.1, 0.15) is 25.8 Å². The number of amides is 2. The normalized spacial score (nSPS) is 17.5.